The summed E-state index contributed by atoms with van der Waals surface area (Å²) in [7, 11) is 0. The van der Waals surface area contributed by atoms with Crippen LogP contribution in [0.1, 0.15) is 5.56 Å². The predicted octanol–water partition coefficient (Wildman–Crippen LogP) is 7.30. The van der Waals surface area contributed by atoms with E-state index < -0.39 is 0 Å². The number of aryl methyl sites for hydroxylation is 1. The van der Waals surface area contributed by atoms with E-state index in [9.17, 15) is 4.79 Å². The van der Waals surface area contributed by atoms with E-state index in [0.29, 0.717) is 16.0 Å². The summed E-state index contributed by atoms with van der Waals surface area (Å²) in [4.78, 5) is 21.7. The molecule has 39 heavy (non-hydrogen) atoms. The highest BCUT2D eigenvalue weighted by Crippen LogP contribution is 2.32. The molecule has 0 aliphatic rings. The number of carbonyl (C=O) groups excluding carboxylic acids is 1. The number of rotatable bonds is 7. The van der Waals surface area contributed by atoms with Crippen LogP contribution in [0.25, 0.3) is 37.9 Å². The Hall–Kier alpha value is -4.05. The molecule has 10 heteroatoms. The molecule has 3 aromatic heterocycles. The van der Waals surface area contributed by atoms with Crippen LogP contribution < -0.4 is 5.32 Å². The zero-order valence-electron chi connectivity index (χ0n) is 20.7. The van der Waals surface area contributed by atoms with Crippen molar-refractivity contribution in [2.24, 2.45) is 0 Å². The van der Waals surface area contributed by atoms with Gasteiger partial charge in [-0.2, -0.15) is 0 Å². The van der Waals surface area contributed by atoms with Crippen molar-refractivity contribution >= 4 is 56.5 Å². The van der Waals surface area contributed by atoms with E-state index in [0.717, 1.165) is 37.7 Å². The highest BCUT2D eigenvalue weighted by atomic mass is 35.5. The van der Waals surface area contributed by atoms with E-state index in [-0.39, 0.29) is 11.7 Å². The molecule has 0 atom stereocenters. The number of thioether (sulfide) groups is 1. The topological polar surface area (TPSA) is 85.6 Å². The number of fused-ring (bicyclic) bond motifs is 1. The molecule has 0 unspecified atom stereocenters. The summed E-state index contributed by atoms with van der Waals surface area (Å²) in [6.45, 7) is 2.08. The summed E-state index contributed by atoms with van der Waals surface area (Å²) in [5.41, 5.74) is 5.66. The van der Waals surface area contributed by atoms with Crippen molar-refractivity contribution in [1.82, 2.24) is 24.7 Å². The fourth-order valence-corrected chi connectivity index (χ4v) is 6.00. The first-order valence-corrected chi connectivity index (χ1v) is 14.2. The quantitative estimate of drug-likeness (QED) is 0.203. The van der Waals surface area contributed by atoms with Crippen LogP contribution in [-0.4, -0.2) is 36.4 Å². The van der Waals surface area contributed by atoms with Crippen LogP contribution in [0.15, 0.2) is 96.4 Å². The maximum absolute atomic E-state index is 12.8. The number of nitrogens with one attached hydrogen (secondary N) is 1. The van der Waals surface area contributed by atoms with E-state index in [4.69, 9.17) is 16.6 Å². The Morgan fingerprint density at radius 2 is 1.72 bits per heavy atom. The van der Waals surface area contributed by atoms with Crippen molar-refractivity contribution in [2.45, 2.75) is 12.1 Å². The van der Waals surface area contributed by atoms with Gasteiger partial charge in [-0.3, -0.25) is 14.3 Å². The highest BCUT2D eigenvalue weighted by molar-refractivity contribution is 7.99. The lowest BCUT2D eigenvalue weighted by molar-refractivity contribution is -0.113. The molecule has 3 heterocycles. The monoisotopic (exact) mass is 568 g/mol. The predicted molar refractivity (Wildman–Crippen MR) is 159 cm³/mol. The van der Waals surface area contributed by atoms with Crippen molar-refractivity contribution in [3.05, 3.63) is 102 Å². The number of aromatic nitrogens is 5. The Bertz CT molecular complexity index is 1770. The van der Waals surface area contributed by atoms with Crippen LogP contribution in [0.4, 0.5) is 5.69 Å². The number of nitrogens with zero attached hydrogens (tertiary/aromatic N) is 5. The number of pyridine rings is 1. The Balaban J connectivity index is 1.16. The summed E-state index contributed by atoms with van der Waals surface area (Å²) in [6, 6.07) is 25.2. The van der Waals surface area contributed by atoms with Gasteiger partial charge in [0.05, 0.1) is 16.0 Å². The first kappa shape index (κ1) is 25.2. The summed E-state index contributed by atoms with van der Waals surface area (Å²) in [5, 5.41) is 13.9. The largest absolute Gasteiger partial charge is 0.325 e. The van der Waals surface area contributed by atoms with Crippen molar-refractivity contribution in [3.8, 4) is 27.6 Å². The van der Waals surface area contributed by atoms with Gasteiger partial charge in [-0.1, -0.05) is 29.4 Å². The van der Waals surface area contributed by atoms with Gasteiger partial charge in [-0.15, -0.1) is 21.5 Å². The molecule has 192 valence electrons. The number of benzene rings is 3. The number of hydrogen-bond acceptors (Lipinski definition) is 7. The Labute approximate surface area is 237 Å². The van der Waals surface area contributed by atoms with Gasteiger partial charge in [0.25, 0.3) is 0 Å². The first-order valence-electron chi connectivity index (χ1n) is 12.1. The first-order chi connectivity index (χ1) is 19.0. The number of anilines is 1. The molecule has 0 aliphatic heterocycles. The van der Waals surface area contributed by atoms with Crippen LogP contribution >= 0.6 is 34.7 Å². The van der Waals surface area contributed by atoms with E-state index in [1.54, 1.807) is 23.7 Å². The molecule has 0 radical (unpaired) electrons. The molecule has 1 N–H and O–H groups in total. The van der Waals surface area contributed by atoms with Crippen molar-refractivity contribution in [3.63, 3.8) is 0 Å². The standard InChI is InChI=1S/C29H21ClN6OS2/c1-18-2-11-24-25(16-18)39-28(33-24)20-3-7-22(8-4-20)32-26(37)17-38-29-35-34-27(19-12-14-31-15-13-19)36(29)23-9-5-21(30)6-10-23/h2-16H,17H2,1H3,(H,32,37). The second-order valence-corrected chi connectivity index (χ2v) is 11.2. The minimum atomic E-state index is -0.140. The van der Waals surface area contributed by atoms with Gasteiger partial charge >= 0.3 is 0 Å². The molecular formula is C29H21ClN6OS2. The van der Waals surface area contributed by atoms with Crippen LogP contribution in [0.3, 0.4) is 0 Å². The number of thiazole rings is 1. The summed E-state index contributed by atoms with van der Waals surface area (Å²) in [6.07, 6.45) is 3.42. The lowest BCUT2D eigenvalue weighted by atomic mass is 10.2. The minimum absolute atomic E-state index is 0.140. The fraction of sp³-hybridized carbons (Fsp3) is 0.0690. The van der Waals surface area contributed by atoms with Crippen molar-refractivity contribution in [1.29, 1.82) is 0 Å². The van der Waals surface area contributed by atoms with Gasteiger partial charge in [0.2, 0.25) is 5.91 Å². The Kier molecular flexibility index (Phi) is 7.10. The van der Waals surface area contributed by atoms with Crippen LogP contribution in [0.5, 0.6) is 0 Å². The zero-order valence-corrected chi connectivity index (χ0v) is 23.1. The van der Waals surface area contributed by atoms with Crippen molar-refractivity contribution in [2.75, 3.05) is 11.1 Å². The molecule has 0 saturated carbocycles. The molecule has 0 aliphatic carbocycles. The maximum atomic E-state index is 12.8. The van der Waals surface area contributed by atoms with E-state index >= 15 is 0 Å². The molecule has 7 nitrogen and oxygen atoms in total. The van der Waals surface area contributed by atoms with E-state index in [2.05, 4.69) is 39.6 Å². The number of hydrogen-bond donors (Lipinski definition) is 1. The number of amides is 1. The third-order valence-corrected chi connectivity index (χ3v) is 8.20. The molecule has 6 rings (SSSR count). The fourth-order valence-electron chi connectivity index (χ4n) is 4.05. The number of halogens is 1. The van der Waals surface area contributed by atoms with E-state index in [1.165, 1.54) is 17.3 Å². The molecule has 3 aromatic carbocycles. The molecule has 0 spiro atoms. The minimum Gasteiger partial charge on any atom is -0.325 e. The summed E-state index contributed by atoms with van der Waals surface area (Å²) < 4.78 is 3.08. The molecule has 0 fully saturated rings. The summed E-state index contributed by atoms with van der Waals surface area (Å²) >= 11 is 9.08. The van der Waals surface area contributed by atoms with Gasteiger partial charge in [0, 0.05) is 39.9 Å². The van der Waals surface area contributed by atoms with E-state index in [1.807, 2.05) is 71.3 Å². The second kappa shape index (κ2) is 11.0. The maximum Gasteiger partial charge on any atom is 0.234 e. The lowest BCUT2D eigenvalue weighted by Gasteiger charge is -2.11. The molecule has 6 aromatic rings. The van der Waals surface area contributed by atoms with Crippen LogP contribution in [-0.2, 0) is 4.79 Å². The second-order valence-electron chi connectivity index (χ2n) is 8.76. The SMILES string of the molecule is Cc1ccc2nc(-c3ccc(NC(=O)CSc4nnc(-c5ccncc5)n4-c4ccc(Cl)cc4)cc3)sc2c1. The summed E-state index contributed by atoms with van der Waals surface area (Å²) in [5.74, 6) is 0.684. The highest BCUT2D eigenvalue weighted by Gasteiger charge is 2.17. The van der Waals surface area contributed by atoms with Gasteiger partial charge < -0.3 is 5.32 Å². The molecule has 0 saturated heterocycles. The van der Waals surface area contributed by atoms with Gasteiger partial charge in [0.1, 0.15) is 5.01 Å². The van der Waals surface area contributed by atoms with Crippen LogP contribution in [0.2, 0.25) is 5.02 Å². The average Bonchev–Trinajstić information content (AvgIpc) is 3.57. The zero-order chi connectivity index (χ0) is 26.8. The normalized spacial score (nSPS) is 11.1. The smallest absolute Gasteiger partial charge is 0.234 e. The Morgan fingerprint density at radius 3 is 2.49 bits per heavy atom. The third-order valence-electron chi connectivity index (χ3n) is 5.95. The number of carbonyl (C=O) groups is 1. The van der Waals surface area contributed by atoms with Gasteiger partial charge in [-0.05, 0) is 85.3 Å². The van der Waals surface area contributed by atoms with Gasteiger partial charge in [0.15, 0.2) is 11.0 Å². The van der Waals surface area contributed by atoms with Crippen LogP contribution in [0, 0.1) is 6.92 Å². The molecule has 0 bridgehead atoms. The third kappa shape index (κ3) is 5.56. The van der Waals surface area contributed by atoms with Crippen molar-refractivity contribution < 1.29 is 4.79 Å². The van der Waals surface area contributed by atoms with Gasteiger partial charge in [-0.25, -0.2) is 4.98 Å². The molecular weight excluding hydrogens is 548 g/mol. The average molecular weight is 569 g/mol. The lowest BCUT2D eigenvalue weighted by Crippen LogP contribution is -2.14. The molecule has 1 amide bonds. The Morgan fingerprint density at radius 1 is 0.949 bits per heavy atom.